The second-order valence-corrected chi connectivity index (χ2v) is 5.61. The van der Waals surface area contributed by atoms with Gasteiger partial charge < -0.3 is 19.8 Å². The van der Waals surface area contributed by atoms with Gasteiger partial charge in [0, 0.05) is 19.5 Å². The maximum Gasteiger partial charge on any atom is 0.305 e. The summed E-state index contributed by atoms with van der Waals surface area (Å²) in [5.74, 6) is 2.10. The van der Waals surface area contributed by atoms with Gasteiger partial charge in [0.25, 0.3) is 0 Å². The van der Waals surface area contributed by atoms with Crippen LogP contribution in [0.4, 0.5) is 0 Å². The summed E-state index contributed by atoms with van der Waals surface area (Å²) in [4.78, 5) is 19.8. The predicted molar refractivity (Wildman–Crippen MR) is 109 cm³/mol. The predicted octanol–water partition coefficient (Wildman–Crippen LogP) is 3.09. The van der Waals surface area contributed by atoms with Crippen molar-refractivity contribution in [2.45, 2.75) is 59.4 Å². The summed E-state index contributed by atoms with van der Waals surface area (Å²) in [6, 6.07) is 0. The number of esters is 1. The average Bonchev–Trinajstić information content (AvgIpc) is 2.89. The molecule has 0 amide bonds. The molecule has 1 heterocycles. The molecule has 0 aliphatic heterocycles. The zero-order valence-electron chi connectivity index (χ0n) is 15.7. The summed E-state index contributed by atoms with van der Waals surface area (Å²) in [6.45, 7) is 7.92. The van der Waals surface area contributed by atoms with E-state index in [9.17, 15) is 4.79 Å². The highest BCUT2D eigenvalue weighted by Gasteiger charge is 2.05. The van der Waals surface area contributed by atoms with Gasteiger partial charge in [0.1, 0.15) is 12.3 Å². The van der Waals surface area contributed by atoms with E-state index in [1.54, 1.807) is 0 Å². The fraction of sp³-hybridized carbons (Fsp3) is 0.706. The first-order valence-corrected chi connectivity index (χ1v) is 8.58. The SMILES string of the molecule is CCNC(=NCc1nc(C)c(C)o1)NCCCCCCC(=O)OC.I. The highest BCUT2D eigenvalue weighted by atomic mass is 127. The molecule has 1 aromatic rings. The van der Waals surface area contributed by atoms with E-state index in [1.165, 1.54) is 7.11 Å². The van der Waals surface area contributed by atoms with Crippen LogP contribution in [-0.4, -0.2) is 37.1 Å². The molecule has 0 fully saturated rings. The Hall–Kier alpha value is -1.32. The Morgan fingerprint density at radius 1 is 1.20 bits per heavy atom. The highest BCUT2D eigenvalue weighted by Crippen LogP contribution is 2.09. The molecule has 0 saturated heterocycles. The molecule has 0 spiro atoms. The minimum atomic E-state index is -0.133. The van der Waals surface area contributed by atoms with Gasteiger partial charge in [-0.2, -0.15) is 0 Å². The molecule has 0 unspecified atom stereocenters. The lowest BCUT2D eigenvalue weighted by molar-refractivity contribution is -0.140. The highest BCUT2D eigenvalue weighted by molar-refractivity contribution is 14.0. The van der Waals surface area contributed by atoms with Gasteiger partial charge >= 0.3 is 5.97 Å². The number of methoxy groups -OCH3 is 1. The second kappa shape index (κ2) is 13.9. The number of nitrogens with one attached hydrogen (secondary N) is 2. The van der Waals surface area contributed by atoms with Gasteiger partial charge in [-0.05, 0) is 33.6 Å². The first-order valence-electron chi connectivity index (χ1n) is 8.58. The maximum absolute atomic E-state index is 11.0. The number of hydrogen-bond acceptors (Lipinski definition) is 5. The third-order valence-corrected chi connectivity index (χ3v) is 3.62. The number of carbonyl (C=O) groups is 1. The summed E-state index contributed by atoms with van der Waals surface area (Å²) in [5.41, 5.74) is 0.908. The minimum absolute atomic E-state index is 0. The van der Waals surface area contributed by atoms with Gasteiger partial charge in [-0.3, -0.25) is 4.79 Å². The Bertz CT molecular complexity index is 512. The quantitative estimate of drug-likeness (QED) is 0.181. The van der Waals surface area contributed by atoms with Crippen molar-refractivity contribution in [2.24, 2.45) is 4.99 Å². The largest absolute Gasteiger partial charge is 0.469 e. The van der Waals surface area contributed by atoms with Crippen molar-refractivity contribution >= 4 is 35.9 Å². The van der Waals surface area contributed by atoms with Crippen LogP contribution in [0.1, 0.15) is 56.4 Å². The Morgan fingerprint density at radius 2 is 1.92 bits per heavy atom. The molecule has 144 valence electrons. The number of aromatic nitrogens is 1. The Morgan fingerprint density at radius 3 is 2.52 bits per heavy atom. The molecule has 0 atom stereocenters. The average molecular weight is 466 g/mol. The van der Waals surface area contributed by atoms with Crippen molar-refractivity contribution in [1.29, 1.82) is 0 Å². The molecule has 2 N–H and O–H groups in total. The zero-order chi connectivity index (χ0) is 17.8. The number of aliphatic imine (C=N–C) groups is 1. The van der Waals surface area contributed by atoms with E-state index in [-0.39, 0.29) is 29.9 Å². The molecule has 7 nitrogen and oxygen atoms in total. The van der Waals surface area contributed by atoms with Crippen LogP contribution < -0.4 is 10.6 Å². The van der Waals surface area contributed by atoms with E-state index in [0.717, 1.165) is 56.2 Å². The van der Waals surface area contributed by atoms with E-state index in [4.69, 9.17) is 4.42 Å². The molecule has 1 rings (SSSR count). The number of oxazole rings is 1. The van der Waals surface area contributed by atoms with Crippen LogP contribution in [-0.2, 0) is 16.1 Å². The zero-order valence-corrected chi connectivity index (χ0v) is 18.0. The smallest absolute Gasteiger partial charge is 0.305 e. The summed E-state index contributed by atoms with van der Waals surface area (Å²) in [6.07, 6.45) is 4.51. The van der Waals surface area contributed by atoms with Gasteiger partial charge in [0.2, 0.25) is 5.89 Å². The van der Waals surface area contributed by atoms with Gasteiger partial charge in [-0.1, -0.05) is 12.8 Å². The second-order valence-electron chi connectivity index (χ2n) is 5.61. The third kappa shape index (κ3) is 10.3. The molecule has 0 aliphatic carbocycles. The number of guanidine groups is 1. The van der Waals surface area contributed by atoms with Crippen molar-refractivity contribution < 1.29 is 13.9 Å². The van der Waals surface area contributed by atoms with E-state index in [0.29, 0.717) is 18.9 Å². The Labute approximate surface area is 167 Å². The van der Waals surface area contributed by atoms with Crippen LogP contribution in [0, 0.1) is 13.8 Å². The van der Waals surface area contributed by atoms with Crippen molar-refractivity contribution in [3.63, 3.8) is 0 Å². The normalized spacial score (nSPS) is 11.0. The standard InChI is InChI=1S/C17H30N4O3.HI/c1-5-18-17(20-12-15-21-13(2)14(3)24-15)19-11-9-7-6-8-10-16(22)23-4;/h5-12H2,1-4H3,(H2,18,19,20);1H. The lowest BCUT2D eigenvalue weighted by atomic mass is 10.1. The first-order chi connectivity index (χ1) is 11.6. The number of rotatable bonds is 10. The van der Waals surface area contributed by atoms with Crippen LogP contribution in [0.25, 0.3) is 0 Å². The fourth-order valence-electron chi connectivity index (χ4n) is 2.15. The van der Waals surface area contributed by atoms with Gasteiger partial charge in [-0.15, -0.1) is 24.0 Å². The molecule has 0 aliphatic rings. The fourth-order valence-corrected chi connectivity index (χ4v) is 2.15. The third-order valence-electron chi connectivity index (χ3n) is 3.62. The summed E-state index contributed by atoms with van der Waals surface area (Å²) in [5, 5.41) is 6.51. The van der Waals surface area contributed by atoms with Crippen LogP contribution in [0.5, 0.6) is 0 Å². The first kappa shape index (κ1) is 23.7. The number of nitrogens with zero attached hydrogens (tertiary/aromatic N) is 2. The number of ether oxygens (including phenoxy) is 1. The lowest BCUT2D eigenvalue weighted by Crippen LogP contribution is -2.37. The van der Waals surface area contributed by atoms with E-state index >= 15 is 0 Å². The van der Waals surface area contributed by atoms with Crippen molar-refractivity contribution in [3.8, 4) is 0 Å². The summed E-state index contributed by atoms with van der Waals surface area (Å²) in [7, 11) is 1.43. The number of carbonyl (C=O) groups excluding carboxylic acids is 1. The van der Waals surface area contributed by atoms with E-state index in [2.05, 4.69) is 25.3 Å². The number of aryl methyl sites for hydroxylation is 2. The van der Waals surface area contributed by atoms with E-state index in [1.807, 2.05) is 20.8 Å². The van der Waals surface area contributed by atoms with Crippen molar-refractivity contribution in [3.05, 3.63) is 17.3 Å². The summed E-state index contributed by atoms with van der Waals surface area (Å²) >= 11 is 0. The van der Waals surface area contributed by atoms with Crippen LogP contribution in [0.15, 0.2) is 9.41 Å². The Balaban J connectivity index is 0.00000576. The van der Waals surface area contributed by atoms with Crippen LogP contribution >= 0.6 is 24.0 Å². The number of halogens is 1. The van der Waals surface area contributed by atoms with Gasteiger partial charge in [-0.25, -0.2) is 9.98 Å². The van der Waals surface area contributed by atoms with Crippen molar-refractivity contribution in [2.75, 3.05) is 20.2 Å². The maximum atomic E-state index is 11.0. The topological polar surface area (TPSA) is 88.8 Å². The molecular weight excluding hydrogens is 435 g/mol. The monoisotopic (exact) mass is 466 g/mol. The Kier molecular flexibility index (Phi) is 13.2. The molecule has 0 bridgehead atoms. The summed E-state index contributed by atoms with van der Waals surface area (Å²) < 4.78 is 10.2. The molecule has 0 saturated carbocycles. The van der Waals surface area contributed by atoms with Crippen LogP contribution in [0.2, 0.25) is 0 Å². The molecule has 8 heteroatoms. The molecule has 0 aromatic carbocycles. The number of unbranched alkanes of at least 4 members (excludes halogenated alkanes) is 3. The van der Waals surface area contributed by atoms with Crippen LogP contribution in [0.3, 0.4) is 0 Å². The van der Waals surface area contributed by atoms with Gasteiger partial charge in [0.05, 0.1) is 12.8 Å². The molecule has 0 radical (unpaired) electrons. The molecular formula is C17H31IN4O3. The molecule has 1 aromatic heterocycles. The number of hydrogen-bond donors (Lipinski definition) is 2. The van der Waals surface area contributed by atoms with Gasteiger partial charge in [0.15, 0.2) is 5.96 Å². The molecule has 25 heavy (non-hydrogen) atoms. The minimum Gasteiger partial charge on any atom is -0.469 e. The lowest BCUT2D eigenvalue weighted by Gasteiger charge is -2.10. The van der Waals surface area contributed by atoms with E-state index < -0.39 is 0 Å². The van der Waals surface area contributed by atoms with Crippen molar-refractivity contribution in [1.82, 2.24) is 15.6 Å².